The van der Waals surface area contributed by atoms with Gasteiger partial charge in [0.1, 0.15) is 12.1 Å². The third kappa shape index (κ3) is 12.9. The molecule has 2 atom stereocenters. The molecule has 0 bridgehead atoms. The van der Waals surface area contributed by atoms with Crippen LogP contribution in [0.3, 0.4) is 0 Å². The van der Waals surface area contributed by atoms with Gasteiger partial charge in [0.2, 0.25) is 0 Å². The fourth-order valence-electron chi connectivity index (χ4n) is 2.26. The van der Waals surface area contributed by atoms with E-state index < -0.39 is 18.0 Å². The lowest BCUT2D eigenvalue weighted by molar-refractivity contribution is -0.154. The van der Waals surface area contributed by atoms with Gasteiger partial charge in [-0.1, -0.05) is 52.4 Å². The normalized spacial score (nSPS) is 13.0. The molecule has 0 aromatic rings. The number of hydrogen-bond acceptors (Lipinski definition) is 4. The Bertz CT molecular complexity index is 300. The zero-order valence-electron chi connectivity index (χ0n) is 13.9. The van der Waals surface area contributed by atoms with Crippen LogP contribution in [0.4, 0.5) is 0 Å². The number of halogens is 1. The summed E-state index contributed by atoms with van der Waals surface area (Å²) in [6, 6.07) is -1.06. The lowest BCUT2D eigenvalue weighted by Crippen LogP contribution is -2.36. The van der Waals surface area contributed by atoms with Crippen molar-refractivity contribution in [1.29, 1.82) is 0 Å². The summed E-state index contributed by atoms with van der Waals surface area (Å²) in [7, 11) is 0. The molecule has 0 aromatic heterocycles. The summed E-state index contributed by atoms with van der Waals surface area (Å²) in [4.78, 5) is 22.3. The number of carboxylic acid groups (broad SMARTS) is 1. The highest BCUT2D eigenvalue weighted by atomic mass is 35.5. The number of hydrogen-bond donors (Lipinski definition) is 2. The maximum Gasteiger partial charge on any atom is 0.323 e. The first-order chi connectivity index (χ1) is 10.0. The molecule has 1 unspecified atom stereocenters. The Morgan fingerprint density at radius 3 is 2.14 bits per heavy atom. The zero-order valence-corrected chi connectivity index (χ0v) is 14.7. The second kappa shape index (κ2) is 15.1. The Morgan fingerprint density at radius 1 is 1.00 bits per heavy atom. The van der Waals surface area contributed by atoms with Crippen LogP contribution in [0, 0.1) is 0 Å². The molecule has 0 radical (unpaired) electrons. The third-order valence-electron chi connectivity index (χ3n) is 3.47. The molecule has 0 saturated carbocycles. The number of esters is 1. The first-order valence-electron chi connectivity index (χ1n) is 8.19. The quantitative estimate of drug-likeness (QED) is 0.395. The second-order valence-corrected chi connectivity index (χ2v) is 5.61. The molecule has 0 aliphatic rings. The highest BCUT2D eigenvalue weighted by molar-refractivity contribution is 5.85. The topological polar surface area (TPSA) is 89.6 Å². The Labute approximate surface area is 140 Å². The number of carboxylic acids is 1. The number of carbonyl (C=O) groups excluding carboxylic acids is 1. The van der Waals surface area contributed by atoms with Crippen molar-refractivity contribution in [2.24, 2.45) is 5.73 Å². The summed E-state index contributed by atoms with van der Waals surface area (Å²) in [5.74, 6) is -1.68. The summed E-state index contributed by atoms with van der Waals surface area (Å²) in [6.45, 7) is 4.23. The van der Waals surface area contributed by atoms with Crippen LogP contribution < -0.4 is 5.73 Å². The molecule has 0 rings (SSSR count). The molecule has 0 aliphatic carbocycles. The highest BCUT2D eigenvalue weighted by Crippen LogP contribution is 2.15. The molecule has 22 heavy (non-hydrogen) atoms. The Morgan fingerprint density at radius 2 is 1.59 bits per heavy atom. The van der Waals surface area contributed by atoms with Crippen molar-refractivity contribution in [3.8, 4) is 0 Å². The molecule has 6 heteroatoms. The number of ether oxygens (including phenoxy) is 1. The molecule has 132 valence electrons. The van der Waals surface area contributed by atoms with Gasteiger partial charge in [-0.2, -0.15) is 0 Å². The summed E-state index contributed by atoms with van der Waals surface area (Å²) >= 11 is 0. The van der Waals surface area contributed by atoms with Gasteiger partial charge in [0.05, 0.1) is 6.42 Å². The van der Waals surface area contributed by atoms with Crippen LogP contribution in [0.1, 0.15) is 78.1 Å². The van der Waals surface area contributed by atoms with Crippen molar-refractivity contribution in [2.75, 3.05) is 0 Å². The summed E-state index contributed by atoms with van der Waals surface area (Å²) in [5.41, 5.74) is 5.52. The molecule has 0 aromatic carbocycles. The number of unbranched alkanes of at least 4 members (excludes halogenated alkanes) is 5. The molecule has 5 nitrogen and oxygen atoms in total. The van der Waals surface area contributed by atoms with E-state index in [9.17, 15) is 9.59 Å². The molecular formula is C16H32ClNO4. The van der Waals surface area contributed by atoms with E-state index in [1.807, 2.05) is 6.92 Å². The van der Waals surface area contributed by atoms with Gasteiger partial charge in [-0.3, -0.25) is 9.59 Å². The Hall–Kier alpha value is -0.810. The van der Waals surface area contributed by atoms with E-state index in [0.29, 0.717) is 0 Å². The van der Waals surface area contributed by atoms with Crippen LogP contribution in [-0.2, 0) is 14.3 Å². The minimum Gasteiger partial charge on any atom is -0.481 e. The van der Waals surface area contributed by atoms with E-state index in [4.69, 9.17) is 15.6 Å². The van der Waals surface area contributed by atoms with Gasteiger partial charge in [-0.05, 0) is 19.3 Å². The highest BCUT2D eigenvalue weighted by Gasteiger charge is 2.22. The Kier molecular flexibility index (Phi) is 16.1. The minimum atomic E-state index is -1.08. The largest absolute Gasteiger partial charge is 0.481 e. The average Bonchev–Trinajstić information content (AvgIpc) is 2.41. The van der Waals surface area contributed by atoms with Crippen molar-refractivity contribution in [3.05, 3.63) is 0 Å². The van der Waals surface area contributed by atoms with Crippen molar-refractivity contribution < 1.29 is 19.4 Å². The predicted octanol–water partition coefficient (Wildman–Crippen LogP) is 3.67. The van der Waals surface area contributed by atoms with Gasteiger partial charge in [0.25, 0.3) is 0 Å². The lowest BCUT2D eigenvalue weighted by Gasteiger charge is -2.19. The second-order valence-electron chi connectivity index (χ2n) is 5.61. The van der Waals surface area contributed by atoms with E-state index in [1.54, 1.807) is 0 Å². The van der Waals surface area contributed by atoms with Crippen LogP contribution in [0.25, 0.3) is 0 Å². The summed E-state index contributed by atoms with van der Waals surface area (Å²) < 4.78 is 5.35. The van der Waals surface area contributed by atoms with Crippen LogP contribution in [0.2, 0.25) is 0 Å². The first kappa shape index (κ1) is 23.5. The Balaban J connectivity index is 0. The van der Waals surface area contributed by atoms with Crippen molar-refractivity contribution in [2.45, 2.75) is 90.2 Å². The molecule has 0 spiro atoms. The molecule has 0 fully saturated rings. The average molecular weight is 338 g/mol. The molecular weight excluding hydrogens is 306 g/mol. The minimum absolute atomic E-state index is 0. The van der Waals surface area contributed by atoms with Crippen molar-refractivity contribution in [3.63, 3.8) is 0 Å². The van der Waals surface area contributed by atoms with Gasteiger partial charge in [-0.25, -0.2) is 0 Å². The van der Waals surface area contributed by atoms with Gasteiger partial charge >= 0.3 is 11.9 Å². The van der Waals surface area contributed by atoms with Crippen LogP contribution in [-0.4, -0.2) is 29.2 Å². The van der Waals surface area contributed by atoms with Crippen LogP contribution >= 0.6 is 12.4 Å². The third-order valence-corrected chi connectivity index (χ3v) is 3.47. The zero-order chi connectivity index (χ0) is 16.1. The van der Waals surface area contributed by atoms with Gasteiger partial charge in [0, 0.05) is 0 Å². The SMILES string of the molecule is CCCCCCCCC(CCC)OC(=O)[C@@H](N)CC(=O)O.Cl. The molecule has 0 saturated heterocycles. The summed E-state index contributed by atoms with van der Waals surface area (Å²) in [5, 5.41) is 8.63. The standard InChI is InChI=1S/C16H31NO4.ClH/c1-3-5-6-7-8-9-11-13(10-4-2)21-16(20)14(17)12-15(18)19;/h13-14H,3-12,17H2,1-2H3,(H,18,19);1H/t13?,14-;/m0./s1. The summed E-state index contributed by atoms with van der Waals surface area (Å²) in [6.07, 6.45) is 9.25. The van der Waals surface area contributed by atoms with E-state index >= 15 is 0 Å². The predicted molar refractivity (Wildman–Crippen MR) is 90.3 cm³/mol. The van der Waals surface area contributed by atoms with Crippen LogP contribution in [0.5, 0.6) is 0 Å². The van der Waals surface area contributed by atoms with Gasteiger partial charge in [0.15, 0.2) is 0 Å². The van der Waals surface area contributed by atoms with Crippen molar-refractivity contribution >= 4 is 24.3 Å². The fraction of sp³-hybridized carbons (Fsp3) is 0.875. The van der Waals surface area contributed by atoms with E-state index in [2.05, 4.69) is 6.92 Å². The smallest absolute Gasteiger partial charge is 0.323 e. The fourth-order valence-corrected chi connectivity index (χ4v) is 2.26. The van der Waals surface area contributed by atoms with Gasteiger partial charge < -0.3 is 15.6 Å². The van der Waals surface area contributed by atoms with E-state index in [0.717, 1.165) is 32.1 Å². The monoisotopic (exact) mass is 337 g/mol. The molecule has 0 amide bonds. The van der Waals surface area contributed by atoms with Crippen LogP contribution in [0.15, 0.2) is 0 Å². The van der Waals surface area contributed by atoms with Crippen molar-refractivity contribution in [1.82, 2.24) is 0 Å². The first-order valence-corrected chi connectivity index (χ1v) is 8.19. The number of carbonyl (C=O) groups is 2. The van der Waals surface area contributed by atoms with E-state index in [-0.39, 0.29) is 24.9 Å². The van der Waals surface area contributed by atoms with E-state index in [1.165, 1.54) is 25.7 Å². The molecule has 3 N–H and O–H groups in total. The number of rotatable bonds is 13. The maximum absolute atomic E-state index is 11.7. The maximum atomic E-state index is 11.7. The molecule has 0 aliphatic heterocycles. The number of aliphatic carboxylic acids is 1. The lowest BCUT2D eigenvalue weighted by atomic mass is 10.0. The van der Waals surface area contributed by atoms with Gasteiger partial charge in [-0.15, -0.1) is 12.4 Å². The molecule has 0 heterocycles. The number of nitrogens with two attached hydrogens (primary N) is 1.